The molecule has 0 spiro atoms. The molecule has 1 heterocycles. The minimum atomic E-state index is -4.10. The van der Waals surface area contributed by atoms with Gasteiger partial charge in [-0.25, -0.2) is 0 Å². The molecule has 8 N–H and O–H groups in total. The molecule has 0 radical (unpaired) electrons. The number of hydrogen-bond donors (Lipinski definition) is 8. The molecule has 0 unspecified atom stereocenters. The molecule has 0 saturated carbocycles. The van der Waals surface area contributed by atoms with Crippen LogP contribution in [0.1, 0.15) is 194 Å². The molecule has 4 atom stereocenters. The van der Waals surface area contributed by atoms with E-state index in [0.717, 1.165) is 38.5 Å². The zero-order valence-electron chi connectivity index (χ0n) is 37.3. The Balaban J connectivity index is 0. The third kappa shape index (κ3) is 45.4. The van der Waals surface area contributed by atoms with Gasteiger partial charge >= 0.3 is 25.5 Å². The summed E-state index contributed by atoms with van der Waals surface area (Å²) in [4.78, 5) is 48.2. The van der Waals surface area contributed by atoms with E-state index in [1.165, 1.54) is 128 Å². The van der Waals surface area contributed by atoms with E-state index in [1.807, 2.05) is 0 Å². The number of nitrogens with one attached hydrogen (secondary N) is 1. The molecular formula is C45H86NO13P. The van der Waals surface area contributed by atoms with Crippen LogP contribution in [-0.2, 0) is 28.4 Å². The van der Waals surface area contributed by atoms with Crippen LogP contribution in [0.25, 0.3) is 0 Å². The maximum Gasteiger partial charge on any atom is 0.339 e. The molecule has 1 fully saturated rings. The quantitative estimate of drug-likeness (QED) is 0.0126. The van der Waals surface area contributed by atoms with E-state index >= 15 is 0 Å². The fraction of sp³-hybridized carbons (Fsp3) is 0.844. The zero-order chi connectivity index (χ0) is 45.1. The summed E-state index contributed by atoms with van der Waals surface area (Å²) < 4.78 is 20.2. The van der Waals surface area contributed by atoms with E-state index < -0.39 is 56.8 Å². The lowest BCUT2D eigenvalue weighted by Crippen LogP contribution is -2.41. The van der Waals surface area contributed by atoms with Gasteiger partial charge in [-0.3, -0.25) is 24.3 Å². The normalized spacial score (nSPS) is 16.9. The number of carbonyl (C=O) groups is 3. The molecule has 1 aliphatic rings. The third-order valence-corrected chi connectivity index (χ3v) is 10.5. The van der Waals surface area contributed by atoms with Crippen LogP contribution >= 0.6 is 7.60 Å². The summed E-state index contributed by atoms with van der Waals surface area (Å²) in [6.07, 6.45) is 37.1. The SMILES string of the molecule is CCCCCCCC/C=C\CCCCCCCC(=O)O.CCCCCCCC/C=C\CCCCCCCC(=O)OC[C@@H](O)[C@H]1OC[C@H](O)[C@H]1O.O=C(O)CNCP(=O)(O)O. The van der Waals surface area contributed by atoms with Gasteiger partial charge in [0, 0.05) is 12.8 Å². The Bertz CT molecular complexity index is 1120. The van der Waals surface area contributed by atoms with Crippen LogP contribution in [0.15, 0.2) is 24.3 Å². The molecule has 0 aromatic heterocycles. The van der Waals surface area contributed by atoms with Crippen molar-refractivity contribution in [2.45, 2.75) is 218 Å². The van der Waals surface area contributed by atoms with Crippen molar-refractivity contribution in [3.05, 3.63) is 24.3 Å². The summed E-state index contributed by atoms with van der Waals surface area (Å²) in [6, 6.07) is 0. The van der Waals surface area contributed by atoms with E-state index in [2.05, 4.69) is 43.5 Å². The molecule has 0 aromatic rings. The average Bonchev–Trinajstić information content (AvgIpc) is 3.53. The number of aliphatic hydroxyl groups excluding tert-OH is 3. The lowest BCUT2D eigenvalue weighted by atomic mass is 10.1. The van der Waals surface area contributed by atoms with Gasteiger partial charge in [0.25, 0.3) is 0 Å². The van der Waals surface area contributed by atoms with Gasteiger partial charge in [-0.2, -0.15) is 0 Å². The fourth-order valence-electron chi connectivity index (χ4n) is 6.31. The molecule has 1 saturated heterocycles. The average molecular weight is 880 g/mol. The number of hydrogen-bond acceptors (Lipinski definition) is 10. The van der Waals surface area contributed by atoms with E-state index in [-0.39, 0.29) is 19.2 Å². The first-order chi connectivity index (χ1) is 28.7. The summed E-state index contributed by atoms with van der Waals surface area (Å²) in [6.45, 7) is 3.82. The molecule has 354 valence electrons. The highest BCUT2D eigenvalue weighted by Gasteiger charge is 2.39. The lowest BCUT2D eigenvalue weighted by Gasteiger charge is -2.20. The van der Waals surface area contributed by atoms with E-state index in [0.29, 0.717) is 12.8 Å². The molecule has 1 aliphatic heterocycles. The Labute approximate surface area is 362 Å². The smallest absolute Gasteiger partial charge is 0.339 e. The number of carbonyl (C=O) groups excluding carboxylic acids is 1. The van der Waals surface area contributed by atoms with Crippen molar-refractivity contribution < 1.29 is 63.7 Å². The number of esters is 1. The van der Waals surface area contributed by atoms with Crippen molar-refractivity contribution >= 4 is 25.5 Å². The number of allylic oxidation sites excluding steroid dienone is 4. The van der Waals surface area contributed by atoms with Gasteiger partial charge in [-0.15, -0.1) is 0 Å². The van der Waals surface area contributed by atoms with Crippen LogP contribution in [0.3, 0.4) is 0 Å². The minimum absolute atomic E-state index is 0.0221. The van der Waals surface area contributed by atoms with E-state index in [4.69, 9.17) is 29.5 Å². The topological polar surface area (TPSA) is 240 Å². The standard InChI is InChI=1S/C24H44O6.C18H34O2.C3H8NO5P/c1-2-3-4-5-6-7-8-9-10-11-12-13-14-15-16-17-22(27)29-19-21(26)24-23(28)20(25)18-30-24;1-2-3-4-5-6-7-8-9-10-11-12-13-14-15-16-17-18(19)20;5-3(6)1-4-2-10(7,8)9/h9-10,20-21,23-26,28H,2-8,11-19H2,1H3;9-10H,2-8,11-17H2,1H3,(H,19,20);4H,1-2H2,(H,5,6)(H2,7,8,9)/b2*10-9-;/t20-,21+,23+,24+;;/m0../s1. The second-order valence-electron chi connectivity index (χ2n) is 15.8. The van der Waals surface area contributed by atoms with Crippen molar-refractivity contribution in [1.29, 1.82) is 0 Å². The van der Waals surface area contributed by atoms with Gasteiger partial charge in [0.15, 0.2) is 0 Å². The number of aliphatic carboxylic acids is 2. The second kappa shape index (κ2) is 43.5. The van der Waals surface area contributed by atoms with Gasteiger partial charge in [-0.05, 0) is 64.2 Å². The summed E-state index contributed by atoms with van der Waals surface area (Å²) in [5.74, 6) is -2.16. The first-order valence-electron chi connectivity index (χ1n) is 23.0. The summed E-state index contributed by atoms with van der Waals surface area (Å²) in [5.41, 5.74) is 0. The second-order valence-corrected chi connectivity index (χ2v) is 17.5. The Kier molecular flexibility index (Phi) is 43.4. The van der Waals surface area contributed by atoms with Crippen LogP contribution in [0.4, 0.5) is 0 Å². The van der Waals surface area contributed by atoms with Crippen LogP contribution < -0.4 is 5.32 Å². The highest BCUT2D eigenvalue weighted by molar-refractivity contribution is 7.51. The first-order valence-corrected chi connectivity index (χ1v) is 24.8. The number of rotatable bonds is 37. The molecule has 0 aromatic carbocycles. The number of aliphatic hydroxyl groups is 3. The summed E-state index contributed by atoms with van der Waals surface area (Å²) >= 11 is 0. The highest BCUT2D eigenvalue weighted by Crippen LogP contribution is 2.31. The number of carboxylic acids is 2. The summed E-state index contributed by atoms with van der Waals surface area (Å²) in [5, 5.41) is 47.5. The van der Waals surface area contributed by atoms with Crippen molar-refractivity contribution in [2.24, 2.45) is 0 Å². The first kappa shape index (κ1) is 59.9. The molecule has 0 amide bonds. The Hall–Kier alpha value is -2.16. The van der Waals surface area contributed by atoms with Gasteiger partial charge < -0.3 is 44.8 Å². The Morgan fingerprint density at radius 3 is 1.42 bits per heavy atom. The molecular weight excluding hydrogens is 793 g/mol. The molecule has 0 aliphatic carbocycles. The van der Waals surface area contributed by atoms with Crippen molar-refractivity contribution in [2.75, 3.05) is 26.0 Å². The summed E-state index contributed by atoms with van der Waals surface area (Å²) in [7, 11) is -4.10. The molecule has 15 heteroatoms. The molecule has 1 rings (SSSR count). The largest absolute Gasteiger partial charge is 0.481 e. The van der Waals surface area contributed by atoms with E-state index in [9.17, 15) is 34.3 Å². The lowest BCUT2D eigenvalue weighted by molar-refractivity contribution is -0.151. The molecule has 60 heavy (non-hydrogen) atoms. The van der Waals surface area contributed by atoms with Crippen molar-refractivity contribution in [3.63, 3.8) is 0 Å². The van der Waals surface area contributed by atoms with Crippen LogP contribution in [0, 0.1) is 0 Å². The van der Waals surface area contributed by atoms with Crippen molar-refractivity contribution in [3.8, 4) is 0 Å². The third-order valence-electron chi connectivity index (χ3n) is 9.87. The Morgan fingerprint density at radius 2 is 1.05 bits per heavy atom. The van der Waals surface area contributed by atoms with Crippen LogP contribution in [0.2, 0.25) is 0 Å². The highest BCUT2D eigenvalue weighted by atomic mass is 31.2. The zero-order valence-corrected chi connectivity index (χ0v) is 38.2. The molecule has 0 bridgehead atoms. The fourth-order valence-corrected chi connectivity index (χ4v) is 6.71. The minimum Gasteiger partial charge on any atom is -0.481 e. The number of ether oxygens (including phenoxy) is 2. The van der Waals surface area contributed by atoms with Gasteiger partial charge in [0.2, 0.25) is 0 Å². The van der Waals surface area contributed by atoms with E-state index in [1.54, 1.807) is 0 Å². The maximum absolute atomic E-state index is 11.7. The van der Waals surface area contributed by atoms with Gasteiger partial charge in [0.05, 0.1) is 19.4 Å². The monoisotopic (exact) mass is 880 g/mol. The number of unbranched alkanes of at least 4 members (excludes halogenated alkanes) is 22. The van der Waals surface area contributed by atoms with Gasteiger partial charge in [0.1, 0.15) is 31.0 Å². The Morgan fingerprint density at radius 1 is 0.650 bits per heavy atom. The molecule has 14 nitrogen and oxygen atoms in total. The van der Waals surface area contributed by atoms with Gasteiger partial charge in [-0.1, -0.05) is 141 Å². The van der Waals surface area contributed by atoms with Crippen LogP contribution in [0.5, 0.6) is 0 Å². The predicted octanol–water partition coefficient (Wildman–Crippen LogP) is 8.95. The number of carboxylic acid groups (broad SMARTS) is 2. The van der Waals surface area contributed by atoms with Crippen molar-refractivity contribution in [1.82, 2.24) is 5.32 Å². The van der Waals surface area contributed by atoms with Crippen LogP contribution in [-0.4, -0.2) is 104 Å². The predicted molar refractivity (Wildman–Crippen MR) is 238 cm³/mol. The maximum atomic E-state index is 11.7.